The molecule has 20 nitrogen and oxygen atoms in total. The van der Waals surface area contributed by atoms with E-state index in [4.69, 9.17) is 24.9 Å². The first-order chi connectivity index (χ1) is 47.8. The number of carbonyl (C=O) groups is 4. The zero-order valence-corrected chi connectivity index (χ0v) is 62.2. The monoisotopic (exact) mass is 1400 g/mol. The minimum Gasteiger partial charge on any atom is -0.476 e. The number of aromatic nitrogens is 7. The maximum atomic E-state index is 14.2. The van der Waals surface area contributed by atoms with Crippen LogP contribution in [0.3, 0.4) is 0 Å². The Labute approximate surface area is 598 Å². The number of thiazole rings is 2. The number of benzene rings is 2. The van der Waals surface area contributed by atoms with Gasteiger partial charge in [-0.15, -0.1) is 21.5 Å². The average molecular weight is 1400 g/mol. The summed E-state index contributed by atoms with van der Waals surface area (Å²) in [6, 6.07) is 17.9. The molecule has 100 heavy (non-hydrogen) atoms. The Morgan fingerprint density at radius 2 is 1.51 bits per heavy atom. The number of hydrogen-bond acceptors (Lipinski definition) is 17. The molecular weight excluding hydrogens is 1300 g/mol. The minimum atomic E-state index is -1.09. The molecule has 6 aliphatic rings. The van der Waals surface area contributed by atoms with Crippen molar-refractivity contribution in [2.45, 2.75) is 234 Å². The molecule has 2 aliphatic heterocycles. The van der Waals surface area contributed by atoms with Gasteiger partial charge in [0.25, 0.3) is 0 Å². The average Bonchev–Trinajstić information content (AvgIpc) is 0.829. The quantitative estimate of drug-likeness (QED) is 0.0254. The molecule has 536 valence electrons. The van der Waals surface area contributed by atoms with Gasteiger partial charge in [-0.1, -0.05) is 140 Å². The van der Waals surface area contributed by atoms with Crippen LogP contribution in [0.4, 0.5) is 22.6 Å². The summed E-state index contributed by atoms with van der Waals surface area (Å²) in [6.07, 6.45) is 22.3. The fourth-order valence-corrected chi connectivity index (χ4v) is 20.0. The first-order valence-electron chi connectivity index (χ1n) is 36.7. The van der Waals surface area contributed by atoms with Crippen LogP contribution in [0.15, 0.2) is 72.4 Å². The van der Waals surface area contributed by atoms with E-state index in [0.717, 1.165) is 156 Å². The third kappa shape index (κ3) is 16.5. The van der Waals surface area contributed by atoms with Crippen LogP contribution in [-0.2, 0) is 32.1 Å². The second-order valence-electron chi connectivity index (χ2n) is 32.1. The predicted molar refractivity (Wildman–Crippen MR) is 396 cm³/mol. The highest BCUT2D eigenvalue weighted by atomic mass is 32.1. The zero-order chi connectivity index (χ0) is 70.7. The lowest BCUT2D eigenvalue weighted by molar-refractivity contribution is -0.248. The van der Waals surface area contributed by atoms with E-state index in [1.54, 1.807) is 22.7 Å². The molecule has 7 heterocycles. The Balaban J connectivity index is 0.541. The van der Waals surface area contributed by atoms with Crippen LogP contribution in [0.5, 0.6) is 0 Å². The molecule has 2 aromatic carbocycles. The summed E-state index contributed by atoms with van der Waals surface area (Å²) in [7, 11) is 2.23. The molecule has 0 radical (unpaired) electrons. The van der Waals surface area contributed by atoms with Gasteiger partial charge in [-0.3, -0.25) is 19.1 Å². The van der Waals surface area contributed by atoms with Crippen molar-refractivity contribution in [3.05, 3.63) is 106 Å². The second-order valence-corrected chi connectivity index (χ2v) is 33.9. The van der Waals surface area contributed by atoms with Gasteiger partial charge < -0.3 is 45.6 Å². The number of nitrogens with zero attached hydrogens (tertiary/aromatic N) is 10. The summed E-state index contributed by atoms with van der Waals surface area (Å²) >= 11 is 3.17. The number of likely N-dealkylation sites (tertiary alicyclic amines) is 1. The van der Waals surface area contributed by atoms with Crippen molar-refractivity contribution in [3.8, 4) is 21.6 Å². The van der Waals surface area contributed by atoms with Crippen LogP contribution in [0, 0.1) is 42.4 Å². The number of para-hydroxylation sites is 1. The van der Waals surface area contributed by atoms with Gasteiger partial charge in [0.15, 0.2) is 22.5 Å². The number of carboxylic acid groups (broad SMARTS) is 1. The lowest BCUT2D eigenvalue weighted by atomic mass is 9.39. The lowest BCUT2D eigenvalue weighted by Gasteiger charge is -2.69. The van der Waals surface area contributed by atoms with Crippen LogP contribution in [0.1, 0.15) is 215 Å². The topological polar surface area (TPSA) is 246 Å². The molecule has 1 saturated heterocycles. The first-order valence-corrected chi connectivity index (χ1v) is 38.4. The maximum absolute atomic E-state index is 14.2. The standard InChI is InChI=1S/C78H105N13O7S2/c1-50-57-25-24-36-89(69(57)87-86-68(50)85-73-82-60-26-21-22-27-62(60)100-73)63-34-33-58(65(83-63)72(96)97)59-40-80-91(53(59)4)48-77-43-75(8)42-76(9,44-77)46-78(45-75,47-77)98-38-37-88(10)35-23-19-17-15-13-11-12-14-16-18-20-28-64(93)84-67(74(5,6)7)71(95)90-41-56(92)39-61(90)70(94)81-51(2)54-29-31-55(32-30-54)66-52(3)79-49-99-66/h21-22,26-27,29-34,40,49,51,56,61,67,92H,11-20,23-25,28,35-39,41-48H2,1-10H3,(H,81,94)(H,84,93)(H,96,97)(H,82,85,86)/t51-,56+,61-,67+,75-,76+,77?,78?/m0/s1. The fraction of sp³-hybridized carbons (Fsp3) is 0.590. The summed E-state index contributed by atoms with van der Waals surface area (Å²) in [5.74, 6) is -0.0363. The normalized spacial score (nSPS) is 23.1. The van der Waals surface area contributed by atoms with Gasteiger partial charge in [0.05, 0.1) is 56.8 Å². The Bertz CT molecular complexity index is 4010. The van der Waals surface area contributed by atoms with Crippen molar-refractivity contribution in [3.63, 3.8) is 0 Å². The van der Waals surface area contributed by atoms with E-state index < -0.39 is 29.6 Å². The number of aliphatic hydroxyl groups is 1. The van der Waals surface area contributed by atoms with Crippen LogP contribution >= 0.6 is 22.7 Å². The van der Waals surface area contributed by atoms with E-state index in [1.807, 2.05) is 113 Å². The van der Waals surface area contributed by atoms with Crippen molar-refractivity contribution in [1.82, 2.24) is 55.4 Å². The Kier molecular flexibility index (Phi) is 22.0. The largest absolute Gasteiger partial charge is 0.476 e. The number of ether oxygens (including phenoxy) is 1. The van der Waals surface area contributed by atoms with Gasteiger partial charge in [0, 0.05) is 67.0 Å². The number of carboxylic acids is 1. The van der Waals surface area contributed by atoms with Gasteiger partial charge in [-0.2, -0.15) is 5.10 Å². The molecule has 5 fully saturated rings. The number of fused-ring (bicyclic) bond motifs is 2. The number of rotatable bonds is 31. The molecule has 0 spiro atoms. The van der Waals surface area contributed by atoms with E-state index in [0.29, 0.717) is 36.0 Å². The van der Waals surface area contributed by atoms with Crippen LogP contribution in [0.25, 0.3) is 31.8 Å². The number of hydrogen-bond donors (Lipinski definition) is 5. The number of β-amino-alcohol motifs (C(OH)–C–C–N with tert-alkyl or cyclic N) is 1. The third-order valence-corrected chi connectivity index (χ3v) is 24.1. The number of aliphatic hydroxyl groups excluding tert-OH is 1. The van der Waals surface area contributed by atoms with Gasteiger partial charge in [-0.25, -0.2) is 19.7 Å². The van der Waals surface area contributed by atoms with Gasteiger partial charge >= 0.3 is 5.97 Å². The molecule has 8 atom stereocenters. The van der Waals surface area contributed by atoms with Crippen molar-refractivity contribution in [1.29, 1.82) is 0 Å². The Hall–Kier alpha value is -7.24. The summed E-state index contributed by atoms with van der Waals surface area (Å²) in [5, 5.41) is 46.1. The number of pyridine rings is 1. The van der Waals surface area contributed by atoms with Crippen molar-refractivity contribution < 1.29 is 34.1 Å². The number of anilines is 4. The van der Waals surface area contributed by atoms with Gasteiger partial charge in [-0.05, 0) is 163 Å². The van der Waals surface area contributed by atoms with Crippen LogP contribution < -0.4 is 20.9 Å². The smallest absolute Gasteiger partial charge is 0.355 e. The molecule has 3 amide bonds. The molecule has 4 saturated carbocycles. The van der Waals surface area contributed by atoms with Crippen LogP contribution in [-0.4, -0.2) is 142 Å². The number of nitrogens with one attached hydrogen (secondary N) is 3. The van der Waals surface area contributed by atoms with Gasteiger partial charge in [0.2, 0.25) is 17.7 Å². The van der Waals surface area contributed by atoms with E-state index in [-0.39, 0.29) is 64.3 Å². The lowest BCUT2D eigenvalue weighted by Crippen LogP contribution is -2.64. The van der Waals surface area contributed by atoms with Gasteiger partial charge in [0.1, 0.15) is 17.9 Å². The second kappa shape index (κ2) is 30.4. The number of aromatic carboxylic acids is 1. The Morgan fingerprint density at radius 1 is 0.810 bits per heavy atom. The molecule has 4 aliphatic carbocycles. The van der Waals surface area contributed by atoms with E-state index >= 15 is 0 Å². The molecule has 5 aromatic heterocycles. The first kappa shape index (κ1) is 72.5. The maximum Gasteiger partial charge on any atom is 0.355 e. The molecule has 7 aromatic rings. The SMILES string of the molecule is Cc1ncsc1-c1ccc([C@H](C)NC(=O)[C@@H]2C[C@@H](O)CN2C(=O)[C@@H](NC(=O)CCCCCCCCCCCCCN(C)CCOC23CC4(Cn5ncc(-c6ccc(N7CCCc8c7nnc(Nc7nc9ccccc9s7)c8C)nc6C(=O)O)c5C)C[C@@](C)(C2)C[C@](C)(C4)C3)C(C)(C)C)cc1. The van der Waals surface area contributed by atoms with Crippen molar-refractivity contribution in [2.75, 3.05) is 50.1 Å². The molecule has 22 heteroatoms. The predicted octanol–water partition coefficient (Wildman–Crippen LogP) is 15.0. The van der Waals surface area contributed by atoms with Crippen LogP contribution in [0.2, 0.25) is 0 Å². The van der Waals surface area contributed by atoms with Crippen molar-refractivity contribution in [2.24, 2.45) is 21.7 Å². The highest BCUT2D eigenvalue weighted by molar-refractivity contribution is 7.22. The zero-order valence-electron chi connectivity index (χ0n) is 60.6. The van der Waals surface area contributed by atoms with E-state index in [9.17, 15) is 29.4 Å². The highest BCUT2D eigenvalue weighted by Gasteiger charge is 2.66. The number of carbonyl (C=O) groups excluding carboxylic acids is 3. The summed E-state index contributed by atoms with van der Waals surface area (Å²) in [4.78, 5) is 75.5. The van der Waals surface area contributed by atoms with Crippen molar-refractivity contribution >= 4 is 79.2 Å². The number of likely N-dealkylation sites (N-methyl/N-ethyl adjacent to an activating group) is 1. The summed E-state index contributed by atoms with van der Waals surface area (Å²) < 4.78 is 10.4. The molecule has 2 unspecified atom stereocenters. The van der Waals surface area contributed by atoms with E-state index in [1.165, 1.54) is 56.3 Å². The molecule has 13 rings (SSSR count). The highest BCUT2D eigenvalue weighted by Crippen LogP contribution is 2.72. The molecular formula is C78H105N13O7S2. The summed E-state index contributed by atoms with van der Waals surface area (Å²) in [6.45, 7) is 22.9. The Morgan fingerprint density at radius 3 is 2.19 bits per heavy atom. The number of amides is 3. The minimum absolute atomic E-state index is 0.00802. The fourth-order valence-electron chi connectivity index (χ4n) is 18.3. The number of aryl methyl sites for hydroxylation is 1. The third-order valence-electron chi connectivity index (χ3n) is 22.2. The molecule has 5 N–H and O–H groups in total. The molecule has 4 bridgehead atoms. The number of unbranched alkanes of at least 4 members (excludes halogenated alkanes) is 10. The van der Waals surface area contributed by atoms with E-state index in [2.05, 4.69) is 69.5 Å². The summed E-state index contributed by atoms with van der Waals surface area (Å²) in [5.41, 5.74) is 9.64.